The number of aromatic nitrogens is 2. The zero-order chi connectivity index (χ0) is 10.7. The lowest BCUT2D eigenvalue weighted by Crippen LogP contribution is -2.18. The van der Waals surface area contributed by atoms with E-state index in [-0.39, 0.29) is 12.0 Å². The highest BCUT2D eigenvalue weighted by molar-refractivity contribution is 7.09. The summed E-state index contributed by atoms with van der Waals surface area (Å²) < 4.78 is 4.26. The maximum atomic E-state index is 9.15. The number of hydrogen-bond donors (Lipinski definition) is 2. The molecule has 4 nitrogen and oxygen atoms in total. The lowest BCUT2D eigenvalue weighted by atomic mass is 10.1. The molecule has 1 aromatic heterocycles. The molecule has 0 spiro atoms. The number of nitrogens with one attached hydrogen (secondary N) is 1. The number of aryl methyl sites for hydroxylation is 1. The highest BCUT2D eigenvalue weighted by atomic mass is 32.1. The van der Waals surface area contributed by atoms with Crippen molar-refractivity contribution in [3.63, 3.8) is 0 Å². The van der Waals surface area contributed by atoms with Crippen molar-refractivity contribution in [2.45, 2.75) is 32.6 Å². The van der Waals surface area contributed by atoms with E-state index in [4.69, 9.17) is 5.11 Å². The van der Waals surface area contributed by atoms with Crippen molar-refractivity contribution >= 4 is 16.7 Å². The van der Waals surface area contributed by atoms with Gasteiger partial charge in [-0.15, -0.1) is 0 Å². The first-order valence-electron chi connectivity index (χ1n) is 5.45. The number of anilines is 1. The van der Waals surface area contributed by atoms with Crippen LogP contribution < -0.4 is 5.32 Å². The molecule has 0 unspecified atom stereocenters. The van der Waals surface area contributed by atoms with Gasteiger partial charge in [-0.2, -0.15) is 4.37 Å². The third-order valence-electron chi connectivity index (χ3n) is 2.85. The van der Waals surface area contributed by atoms with Crippen LogP contribution in [-0.4, -0.2) is 27.6 Å². The summed E-state index contributed by atoms with van der Waals surface area (Å²) in [4.78, 5) is 4.38. The molecule has 0 saturated heterocycles. The summed E-state index contributed by atoms with van der Waals surface area (Å²) in [6.45, 7) is 3.23. The highest BCUT2D eigenvalue weighted by Crippen LogP contribution is 2.44. The topological polar surface area (TPSA) is 58.0 Å². The SMILES string of the molecule is CCCc1nsc(NCC2(CO)CC2)n1. The minimum absolute atomic E-state index is 0.136. The summed E-state index contributed by atoms with van der Waals surface area (Å²) in [7, 11) is 0. The van der Waals surface area contributed by atoms with Crippen LogP contribution in [0.3, 0.4) is 0 Å². The molecular weight excluding hydrogens is 210 g/mol. The van der Waals surface area contributed by atoms with Gasteiger partial charge in [0, 0.05) is 29.9 Å². The van der Waals surface area contributed by atoms with E-state index < -0.39 is 0 Å². The quantitative estimate of drug-likeness (QED) is 0.776. The summed E-state index contributed by atoms with van der Waals surface area (Å²) in [6.07, 6.45) is 4.27. The fraction of sp³-hybridized carbons (Fsp3) is 0.800. The molecule has 1 saturated carbocycles. The zero-order valence-corrected chi connectivity index (χ0v) is 9.81. The normalized spacial score (nSPS) is 17.7. The van der Waals surface area contributed by atoms with Gasteiger partial charge in [-0.25, -0.2) is 4.98 Å². The molecule has 1 fully saturated rings. The van der Waals surface area contributed by atoms with Crippen molar-refractivity contribution in [3.05, 3.63) is 5.82 Å². The van der Waals surface area contributed by atoms with E-state index in [1.165, 1.54) is 11.5 Å². The zero-order valence-electron chi connectivity index (χ0n) is 8.99. The van der Waals surface area contributed by atoms with Crippen LogP contribution in [-0.2, 0) is 6.42 Å². The lowest BCUT2D eigenvalue weighted by Gasteiger charge is -2.10. The van der Waals surface area contributed by atoms with Crippen LogP contribution in [0.2, 0.25) is 0 Å². The van der Waals surface area contributed by atoms with Crippen LogP contribution in [0.25, 0.3) is 0 Å². The van der Waals surface area contributed by atoms with Crippen LogP contribution in [0.15, 0.2) is 0 Å². The second-order valence-electron chi connectivity index (χ2n) is 4.28. The van der Waals surface area contributed by atoms with Crippen LogP contribution in [0.4, 0.5) is 5.13 Å². The molecule has 1 aliphatic carbocycles. The molecule has 0 aromatic carbocycles. The smallest absolute Gasteiger partial charge is 0.202 e. The summed E-state index contributed by atoms with van der Waals surface area (Å²) in [5.74, 6) is 0.929. The van der Waals surface area contributed by atoms with Crippen LogP contribution >= 0.6 is 11.5 Å². The Kier molecular flexibility index (Phi) is 3.21. The molecule has 1 heterocycles. The molecule has 0 radical (unpaired) electrons. The van der Waals surface area contributed by atoms with Crippen molar-refractivity contribution in [2.24, 2.45) is 5.41 Å². The van der Waals surface area contributed by atoms with Crippen molar-refractivity contribution in [1.82, 2.24) is 9.36 Å². The molecule has 15 heavy (non-hydrogen) atoms. The molecule has 2 N–H and O–H groups in total. The standard InChI is InChI=1S/C10H17N3OS/c1-2-3-8-12-9(15-13-8)11-6-10(7-14)4-5-10/h14H,2-7H2,1H3,(H,11,12,13). The van der Waals surface area contributed by atoms with Crippen molar-refractivity contribution < 1.29 is 5.11 Å². The molecule has 0 atom stereocenters. The summed E-state index contributed by atoms with van der Waals surface area (Å²) in [5, 5.41) is 13.3. The molecule has 2 rings (SSSR count). The average molecular weight is 227 g/mol. The van der Waals surface area contributed by atoms with Gasteiger partial charge in [-0.05, 0) is 19.3 Å². The van der Waals surface area contributed by atoms with E-state index in [9.17, 15) is 0 Å². The van der Waals surface area contributed by atoms with Crippen LogP contribution in [0.1, 0.15) is 32.0 Å². The van der Waals surface area contributed by atoms with E-state index >= 15 is 0 Å². The van der Waals surface area contributed by atoms with Gasteiger partial charge in [0.1, 0.15) is 5.82 Å². The molecule has 0 amide bonds. The molecule has 0 aliphatic heterocycles. The van der Waals surface area contributed by atoms with Crippen molar-refractivity contribution in [2.75, 3.05) is 18.5 Å². The van der Waals surface area contributed by atoms with E-state index in [2.05, 4.69) is 21.6 Å². The fourth-order valence-electron chi connectivity index (χ4n) is 1.48. The Bertz CT molecular complexity index is 322. The first-order valence-corrected chi connectivity index (χ1v) is 6.23. The Morgan fingerprint density at radius 2 is 2.33 bits per heavy atom. The summed E-state index contributed by atoms with van der Waals surface area (Å²) in [5.41, 5.74) is 0.136. The van der Waals surface area contributed by atoms with E-state index in [0.29, 0.717) is 0 Å². The van der Waals surface area contributed by atoms with Gasteiger partial charge in [0.05, 0.1) is 6.61 Å². The van der Waals surface area contributed by atoms with Gasteiger partial charge in [-0.3, -0.25) is 0 Å². The van der Waals surface area contributed by atoms with E-state index in [1.54, 1.807) is 0 Å². The van der Waals surface area contributed by atoms with E-state index in [0.717, 1.165) is 43.2 Å². The minimum atomic E-state index is 0.136. The van der Waals surface area contributed by atoms with Gasteiger partial charge in [0.15, 0.2) is 0 Å². The third-order valence-corrected chi connectivity index (χ3v) is 3.56. The molecule has 84 valence electrons. The monoisotopic (exact) mass is 227 g/mol. The third kappa shape index (κ3) is 2.66. The summed E-state index contributed by atoms with van der Waals surface area (Å²) >= 11 is 1.41. The fourth-order valence-corrected chi connectivity index (χ4v) is 2.09. The molecule has 5 heteroatoms. The predicted octanol–water partition coefficient (Wildman–Crippen LogP) is 1.68. The minimum Gasteiger partial charge on any atom is -0.396 e. The Morgan fingerprint density at radius 3 is 2.93 bits per heavy atom. The number of aliphatic hydroxyl groups excluding tert-OH is 1. The molecule has 1 aromatic rings. The maximum absolute atomic E-state index is 9.15. The molecular formula is C10H17N3OS. The highest BCUT2D eigenvalue weighted by Gasteiger charge is 2.41. The molecule has 1 aliphatic rings. The van der Waals surface area contributed by atoms with Gasteiger partial charge in [-0.1, -0.05) is 6.92 Å². The van der Waals surface area contributed by atoms with Crippen LogP contribution in [0, 0.1) is 5.41 Å². The number of aliphatic hydroxyl groups is 1. The second kappa shape index (κ2) is 4.45. The number of rotatable bonds is 6. The van der Waals surface area contributed by atoms with Crippen LogP contribution in [0.5, 0.6) is 0 Å². The lowest BCUT2D eigenvalue weighted by molar-refractivity contribution is 0.220. The summed E-state index contributed by atoms with van der Waals surface area (Å²) in [6, 6.07) is 0. The van der Waals surface area contributed by atoms with Gasteiger partial charge >= 0.3 is 0 Å². The van der Waals surface area contributed by atoms with Crippen molar-refractivity contribution in [3.8, 4) is 0 Å². The Balaban J connectivity index is 1.83. The Labute approximate surface area is 93.9 Å². The van der Waals surface area contributed by atoms with E-state index in [1.807, 2.05) is 0 Å². The maximum Gasteiger partial charge on any atom is 0.202 e. The largest absolute Gasteiger partial charge is 0.396 e. The Hall–Kier alpha value is -0.680. The van der Waals surface area contributed by atoms with Gasteiger partial charge < -0.3 is 10.4 Å². The van der Waals surface area contributed by atoms with Gasteiger partial charge in [0.25, 0.3) is 0 Å². The van der Waals surface area contributed by atoms with Gasteiger partial charge in [0.2, 0.25) is 5.13 Å². The average Bonchev–Trinajstić information content (AvgIpc) is 2.91. The Morgan fingerprint density at radius 1 is 1.53 bits per heavy atom. The first-order chi connectivity index (χ1) is 7.28. The first kappa shape index (κ1) is 10.8. The number of nitrogens with zero attached hydrogens (tertiary/aromatic N) is 2. The predicted molar refractivity (Wildman–Crippen MR) is 61.1 cm³/mol. The number of hydrogen-bond acceptors (Lipinski definition) is 5. The van der Waals surface area contributed by atoms with Crippen molar-refractivity contribution in [1.29, 1.82) is 0 Å². The molecule has 0 bridgehead atoms. The second-order valence-corrected chi connectivity index (χ2v) is 5.03.